The smallest absolute Gasteiger partial charge is 0.335 e. The summed E-state index contributed by atoms with van der Waals surface area (Å²) in [4.78, 5) is 23.8. The molecule has 1 heterocycles. The third kappa shape index (κ3) is 6.75. The van der Waals surface area contributed by atoms with Crippen molar-refractivity contribution in [3.05, 3.63) is 59.9 Å². The lowest BCUT2D eigenvalue weighted by Gasteiger charge is -2.19. The van der Waals surface area contributed by atoms with E-state index >= 15 is 0 Å². The van der Waals surface area contributed by atoms with E-state index < -0.39 is 17.3 Å². The molecule has 0 spiro atoms. The van der Waals surface area contributed by atoms with Crippen molar-refractivity contribution in [1.82, 2.24) is 14.8 Å². The topological polar surface area (TPSA) is 116 Å². The Bertz CT molecular complexity index is 1160. The molecule has 2 N–H and O–H groups in total. The van der Waals surface area contributed by atoms with Gasteiger partial charge in [-0.1, -0.05) is 37.7 Å². The van der Waals surface area contributed by atoms with E-state index in [9.17, 15) is 9.59 Å². The zero-order chi connectivity index (χ0) is 25.5. The van der Waals surface area contributed by atoms with Crippen molar-refractivity contribution in [2.45, 2.75) is 50.8 Å². The molecule has 10 heteroatoms. The number of anilines is 1. The summed E-state index contributed by atoms with van der Waals surface area (Å²) < 4.78 is 13.5. The SMILES string of the molecule is COc1ccccc1OC(C)c1nnc(SC(C)C(=O)Nc2ccc(C(=O)O)cc2)n1CC(C)C. The fourth-order valence-electron chi connectivity index (χ4n) is 3.34. The van der Waals surface area contributed by atoms with Crippen LogP contribution in [0.1, 0.15) is 50.0 Å². The number of nitrogens with one attached hydrogen (secondary N) is 1. The molecule has 0 aliphatic carbocycles. The van der Waals surface area contributed by atoms with Crippen molar-refractivity contribution in [3.8, 4) is 11.5 Å². The minimum Gasteiger partial charge on any atom is -0.493 e. The molecule has 2 unspecified atom stereocenters. The second-order valence-corrected chi connectivity index (χ2v) is 9.70. The highest BCUT2D eigenvalue weighted by Gasteiger charge is 2.24. The summed E-state index contributed by atoms with van der Waals surface area (Å²) in [6.45, 7) is 8.55. The molecule has 186 valence electrons. The molecule has 0 fully saturated rings. The molecule has 1 aromatic heterocycles. The van der Waals surface area contributed by atoms with E-state index in [0.29, 0.717) is 40.6 Å². The number of nitrogens with zero attached hydrogens (tertiary/aromatic N) is 3. The second-order valence-electron chi connectivity index (χ2n) is 8.39. The van der Waals surface area contributed by atoms with Crippen LogP contribution < -0.4 is 14.8 Å². The number of rotatable bonds is 11. The average Bonchev–Trinajstić information content (AvgIpc) is 3.21. The van der Waals surface area contributed by atoms with Crippen LogP contribution in [0.15, 0.2) is 53.7 Å². The predicted molar refractivity (Wildman–Crippen MR) is 134 cm³/mol. The quantitative estimate of drug-likeness (QED) is 0.359. The van der Waals surface area contributed by atoms with Crippen molar-refractivity contribution >= 4 is 29.3 Å². The Morgan fingerprint density at radius 1 is 1.03 bits per heavy atom. The van der Waals surface area contributed by atoms with E-state index in [1.165, 1.54) is 23.9 Å². The van der Waals surface area contributed by atoms with Gasteiger partial charge in [0.1, 0.15) is 0 Å². The van der Waals surface area contributed by atoms with Crippen LogP contribution in [0, 0.1) is 5.92 Å². The van der Waals surface area contributed by atoms with Crippen molar-refractivity contribution in [1.29, 1.82) is 0 Å². The summed E-state index contributed by atoms with van der Waals surface area (Å²) in [5.41, 5.74) is 0.680. The molecule has 2 atom stereocenters. The number of amides is 1. The summed E-state index contributed by atoms with van der Waals surface area (Å²) in [6, 6.07) is 13.4. The van der Waals surface area contributed by atoms with Crippen LogP contribution in [0.3, 0.4) is 0 Å². The van der Waals surface area contributed by atoms with Crippen LogP contribution in [0.2, 0.25) is 0 Å². The number of carboxylic acid groups (broad SMARTS) is 1. The van der Waals surface area contributed by atoms with E-state index in [1.54, 1.807) is 26.2 Å². The fraction of sp³-hybridized carbons (Fsp3) is 0.360. The number of hydrogen-bond donors (Lipinski definition) is 2. The average molecular weight is 499 g/mol. The number of ether oxygens (including phenoxy) is 2. The van der Waals surface area contributed by atoms with Crippen molar-refractivity contribution < 1.29 is 24.2 Å². The van der Waals surface area contributed by atoms with Crippen LogP contribution >= 0.6 is 11.8 Å². The predicted octanol–water partition coefficient (Wildman–Crippen LogP) is 4.90. The summed E-state index contributed by atoms with van der Waals surface area (Å²) >= 11 is 1.30. The molecule has 0 saturated carbocycles. The molecule has 0 aliphatic heterocycles. The normalized spacial score (nSPS) is 12.7. The first kappa shape index (κ1) is 26.1. The second kappa shape index (κ2) is 11.7. The standard InChI is InChI=1S/C25H30N4O5S/c1-15(2)14-29-22(16(3)34-21-9-7-6-8-20(21)33-5)27-28-25(29)35-17(4)23(30)26-19-12-10-18(11-13-19)24(31)32/h6-13,15-17H,14H2,1-5H3,(H,26,30)(H,31,32). The molecule has 3 rings (SSSR count). The molecule has 0 aliphatic rings. The van der Waals surface area contributed by atoms with Gasteiger partial charge in [0.15, 0.2) is 28.6 Å². The zero-order valence-electron chi connectivity index (χ0n) is 20.4. The van der Waals surface area contributed by atoms with Gasteiger partial charge in [0, 0.05) is 12.2 Å². The molecular weight excluding hydrogens is 468 g/mol. The molecule has 2 aromatic carbocycles. The Balaban J connectivity index is 1.75. The van der Waals surface area contributed by atoms with Gasteiger partial charge in [-0.05, 0) is 56.2 Å². The van der Waals surface area contributed by atoms with Gasteiger partial charge in [0.25, 0.3) is 0 Å². The van der Waals surface area contributed by atoms with Gasteiger partial charge in [-0.2, -0.15) is 0 Å². The van der Waals surface area contributed by atoms with Gasteiger partial charge in [-0.25, -0.2) is 4.79 Å². The molecular formula is C25H30N4O5S. The Hall–Kier alpha value is -3.53. The van der Waals surface area contributed by atoms with Crippen LogP contribution in [0.4, 0.5) is 5.69 Å². The maximum Gasteiger partial charge on any atom is 0.335 e. The van der Waals surface area contributed by atoms with Gasteiger partial charge < -0.3 is 24.5 Å². The summed E-state index contributed by atoms with van der Waals surface area (Å²) in [5, 5.41) is 20.7. The number of hydrogen-bond acceptors (Lipinski definition) is 7. The zero-order valence-corrected chi connectivity index (χ0v) is 21.2. The van der Waals surface area contributed by atoms with Crippen LogP contribution in [-0.4, -0.2) is 44.1 Å². The minimum atomic E-state index is -1.02. The Labute approximate surface area is 208 Å². The minimum absolute atomic E-state index is 0.157. The Morgan fingerprint density at radius 3 is 2.29 bits per heavy atom. The summed E-state index contributed by atoms with van der Waals surface area (Å²) in [5.74, 6) is 0.972. The number of methoxy groups -OCH3 is 1. The summed E-state index contributed by atoms with van der Waals surface area (Å²) in [6.07, 6.45) is -0.399. The lowest BCUT2D eigenvalue weighted by molar-refractivity contribution is -0.115. The van der Waals surface area contributed by atoms with Crippen molar-refractivity contribution in [2.24, 2.45) is 5.92 Å². The van der Waals surface area contributed by atoms with E-state index in [0.717, 1.165) is 0 Å². The highest BCUT2D eigenvalue weighted by molar-refractivity contribution is 8.00. The Morgan fingerprint density at radius 2 is 1.69 bits per heavy atom. The molecule has 3 aromatic rings. The molecule has 0 bridgehead atoms. The number of benzene rings is 2. The highest BCUT2D eigenvalue weighted by Crippen LogP contribution is 2.32. The Kier molecular flexibility index (Phi) is 8.75. The van der Waals surface area contributed by atoms with E-state index in [1.807, 2.05) is 35.8 Å². The third-order valence-electron chi connectivity index (χ3n) is 5.08. The number of carbonyl (C=O) groups is 2. The van der Waals surface area contributed by atoms with Gasteiger partial charge >= 0.3 is 5.97 Å². The number of thioether (sulfide) groups is 1. The van der Waals surface area contributed by atoms with Crippen LogP contribution in [0.5, 0.6) is 11.5 Å². The number of carboxylic acids is 1. The van der Waals surface area contributed by atoms with Gasteiger partial charge in [-0.3, -0.25) is 4.79 Å². The molecule has 1 amide bonds. The molecule has 35 heavy (non-hydrogen) atoms. The highest BCUT2D eigenvalue weighted by atomic mass is 32.2. The van der Waals surface area contributed by atoms with E-state index in [4.69, 9.17) is 14.6 Å². The van der Waals surface area contributed by atoms with Crippen LogP contribution in [-0.2, 0) is 11.3 Å². The first-order chi connectivity index (χ1) is 16.7. The number of carbonyl (C=O) groups excluding carboxylic acids is 1. The fourth-order valence-corrected chi connectivity index (χ4v) is 4.20. The van der Waals surface area contributed by atoms with Crippen molar-refractivity contribution in [2.75, 3.05) is 12.4 Å². The maximum absolute atomic E-state index is 12.8. The lowest BCUT2D eigenvalue weighted by atomic mass is 10.2. The summed E-state index contributed by atoms with van der Waals surface area (Å²) in [7, 11) is 1.59. The van der Waals surface area contributed by atoms with Gasteiger partial charge in [0.2, 0.25) is 5.91 Å². The monoisotopic (exact) mass is 498 g/mol. The van der Waals surface area contributed by atoms with E-state index in [2.05, 4.69) is 29.4 Å². The molecule has 9 nitrogen and oxygen atoms in total. The van der Waals surface area contributed by atoms with Gasteiger partial charge in [-0.15, -0.1) is 10.2 Å². The van der Waals surface area contributed by atoms with Crippen molar-refractivity contribution in [3.63, 3.8) is 0 Å². The first-order valence-corrected chi connectivity index (χ1v) is 12.1. The lowest BCUT2D eigenvalue weighted by Crippen LogP contribution is -2.23. The number of aromatic carboxylic acids is 1. The first-order valence-electron chi connectivity index (χ1n) is 11.2. The number of aromatic nitrogens is 3. The number of para-hydroxylation sites is 2. The maximum atomic E-state index is 12.8. The van der Waals surface area contributed by atoms with E-state index in [-0.39, 0.29) is 11.5 Å². The van der Waals surface area contributed by atoms with Crippen LogP contribution in [0.25, 0.3) is 0 Å². The molecule has 0 saturated heterocycles. The van der Waals surface area contributed by atoms with Gasteiger partial charge in [0.05, 0.1) is 17.9 Å². The largest absolute Gasteiger partial charge is 0.493 e. The third-order valence-corrected chi connectivity index (χ3v) is 6.16. The molecule has 0 radical (unpaired) electrons.